The summed E-state index contributed by atoms with van der Waals surface area (Å²) < 4.78 is 5.55. The van der Waals surface area contributed by atoms with Crippen LogP contribution in [0.3, 0.4) is 0 Å². The summed E-state index contributed by atoms with van der Waals surface area (Å²) in [4.78, 5) is 15.3. The normalized spacial score (nSPS) is 18.0. The van der Waals surface area contributed by atoms with Crippen LogP contribution in [-0.4, -0.2) is 52.9 Å². The van der Waals surface area contributed by atoms with Crippen LogP contribution >= 0.6 is 0 Å². The van der Waals surface area contributed by atoms with Crippen molar-refractivity contribution in [2.24, 2.45) is 5.92 Å². The van der Waals surface area contributed by atoms with Gasteiger partial charge >= 0.3 is 6.01 Å². The zero-order valence-electron chi connectivity index (χ0n) is 12.9. The molecular weight excluding hydrogens is 270 g/mol. The lowest BCUT2D eigenvalue weighted by atomic mass is 10.1. The molecular formula is C14H25N5O2. The van der Waals surface area contributed by atoms with Crippen molar-refractivity contribution in [1.29, 1.82) is 0 Å². The molecule has 1 aromatic heterocycles. The van der Waals surface area contributed by atoms with Crippen LogP contribution in [0.25, 0.3) is 0 Å². The van der Waals surface area contributed by atoms with Crippen molar-refractivity contribution in [1.82, 2.24) is 15.0 Å². The third-order valence-corrected chi connectivity index (χ3v) is 3.48. The minimum Gasteiger partial charge on any atom is -0.463 e. The minimum atomic E-state index is 0.239. The molecule has 1 atom stereocenters. The number of hydrogen-bond donors (Lipinski definition) is 2. The second-order valence-electron chi connectivity index (χ2n) is 5.23. The van der Waals surface area contributed by atoms with Crippen LogP contribution < -0.4 is 15.0 Å². The predicted octanol–water partition coefficient (Wildman–Crippen LogP) is 1.30. The number of aliphatic hydroxyl groups excluding tert-OH is 1. The first-order valence-electron chi connectivity index (χ1n) is 7.75. The van der Waals surface area contributed by atoms with E-state index in [4.69, 9.17) is 9.84 Å². The Morgan fingerprint density at radius 2 is 2.19 bits per heavy atom. The molecule has 1 aliphatic heterocycles. The molecule has 2 heterocycles. The molecule has 0 radical (unpaired) electrons. The van der Waals surface area contributed by atoms with Crippen LogP contribution in [0.4, 0.5) is 11.9 Å². The number of aromatic nitrogens is 3. The molecule has 7 nitrogen and oxygen atoms in total. The predicted molar refractivity (Wildman–Crippen MR) is 81.8 cm³/mol. The van der Waals surface area contributed by atoms with Gasteiger partial charge in [0, 0.05) is 26.2 Å². The standard InChI is InChI=1S/C14H25N5O2/c1-3-9-21-14-17-12(15-4-2)16-13(18-14)19-7-5-11(10-19)6-8-20/h11,20H,3-10H2,1-2H3,(H,15,16,17,18). The van der Waals surface area contributed by atoms with Crippen molar-refractivity contribution in [3.05, 3.63) is 0 Å². The highest BCUT2D eigenvalue weighted by atomic mass is 16.5. The van der Waals surface area contributed by atoms with Crippen LogP contribution in [0.2, 0.25) is 0 Å². The van der Waals surface area contributed by atoms with Crippen LogP contribution in [0, 0.1) is 5.92 Å². The van der Waals surface area contributed by atoms with E-state index in [0.29, 0.717) is 30.4 Å². The summed E-state index contributed by atoms with van der Waals surface area (Å²) >= 11 is 0. The third kappa shape index (κ3) is 4.42. The molecule has 0 saturated carbocycles. The Bertz CT molecular complexity index is 443. The van der Waals surface area contributed by atoms with Crippen LogP contribution in [0.1, 0.15) is 33.1 Å². The van der Waals surface area contributed by atoms with E-state index < -0.39 is 0 Å². The van der Waals surface area contributed by atoms with E-state index in [9.17, 15) is 0 Å². The van der Waals surface area contributed by atoms with Crippen molar-refractivity contribution < 1.29 is 9.84 Å². The summed E-state index contributed by atoms with van der Waals surface area (Å²) in [5, 5.41) is 12.2. The highest BCUT2D eigenvalue weighted by Gasteiger charge is 2.25. The van der Waals surface area contributed by atoms with Crippen molar-refractivity contribution in [2.75, 3.05) is 43.1 Å². The number of ether oxygens (including phenoxy) is 1. The third-order valence-electron chi connectivity index (χ3n) is 3.48. The Hall–Kier alpha value is -1.63. The van der Waals surface area contributed by atoms with Crippen molar-refractivity contribution in [2.45, 2.75) is 33.1 Å². The Morgan fingerprint density at radius 1 is 1.33 bits per heavy atom. The maximum Gasteiger partial charge on any atom is 0.323 e. The van der Waals surface area contributed by atoms with Crippen LogP contribution in [0.15, 0.2) is 0 Å². The highest BCUT2D eigenvalue weighted by Crippen LogP contribution is 2.24. The topological polar surface area (TPSA) is 83.4 Å². The Morgan fingerprint density at radius 3 is 2.90 bits per heavy atom. The van der Waals surface area contributed by atoms with Crippen molar-refractivity contribution >= 4 is 11.9 Å². The van der Waals surface area contributed by atoms with Crippen molar-refractivity contribution in [3.8, 4) is 6.01 Å². The van der Waals surface area contributed by atoms with Gasteiger partial charge in [-0.05, 0) is 32.1 Å². The van der Waals surface area contributed by atoms with E-state index >= 15 is 0 Å². The highest BCUT2D eigenvalue weighted by molar-refractivity contribution is 5.39. The van der Waals surface area contributed by atoms with Gasteiger partial charge in [-0.2, -0.15) is 15.0 Å². The number of nitrogens with one attached hydrogen (secondary N) is 1. The molecule has 2 N–H and O–H groups in total. The number of nitrogens with zero attached hydrogens (tertiary/aromatic N) is 4. The van der Waals surface area contributed by atoms with Gasteiger partial charge in [-0.3, -0.25) is 0 Å². The number of hydrogen-bond acceptors (Lipinski definition) is 7. The molecule has 1 unspecified atom stereocenters. The van der Waals surface area contributed by atoms with Gasteiger partial charge in [0.25, 0.3) is 0 Å². The van der Waals surface area contributed by atoms with Crippen molar-refractivity contribution in [3.63, 3.8) is 0 Å². The van der Waals surface area contributed by atoms with Gasteiger partial charge in [-0.25, -0.2) is 0 Å². The van der Waals surface area contributed by atoms with Gasteiger partial charge in [0.2, 0.25) is 11.9 Å². The molecule has 0 amide bonds. The summed E-state index contributed by atoms with van der Waals surface area (Å²) in [5.74, 6) is 1.72. The SMILES string of the molecule is CCCOc1nc(NCC)nc(N2CCC(CCO)C2)n1. The second-order valence-corrected chi connectivity index (χ2v) is 5.23. The fourth-order valence-corrected chi connectivity index (χ4v) is 2.41. The largest absolute Gasteiger partial charge is 0.463 e. The summed E-state index contributed by atoms with van der Waals surface area (Å²) in [7, 11) is 0. The first-order valence-corrected chi connectivity index (χ1v) is 7.75. The lowest BCUT2D eigenvalue weighted by molar-refractivity contribution is 0.263. The van der Waals surface area contributed by atoms with Gasteiger partial charge < -0.3 is 20.1 Å². The van der Waals surface area contributed by atoms with E-state index in [-0.39, 0.29) is 6.61 Å². The van der Waals surface area contributed by atoms with E-state index in [0.717, 1.165) is 38.9 Å². The van der Waals surface area contributed by atoms with Gasteiger partial charge in [0.15, 0.2) is 0 Å². The number of aliphatic hydroxyl groups is 1. The molecule has 1 fully saturated rings. The molecule has 0 aromatic carbocycles. The molecule has 21 heavy (non-hydrogen) atoms. The maximum absolute atomic E-state index is 9.05. The van der Waals surface area contributed by atoms with Gasteiger partial charge in [-0.15, -0.1) is 0 Å². The Kier molecular flexibility index (Phi) is 5.98. The Labute approximate surface area is 125 Å². The molecule has 2 rings (SSSR count). The first-order chi connectivity index (χ1) is 10.3. The van der Waals surface area contributed by atoms with E-state index in [1.807, 2.05) is 13.8 Å². The summed E-state index contributed by atoms with van der Waals surface area (Å²) in [6.45, 7) is 7.43. The van der Waals surface area contributed by atoms with Gasteiger partial charge in [-0.1, -0.05) is 6.92 Å². The maximum atomic E-state index is 9.05. The monoisotopic (exact) mass is 295 g/mol. The molecule has 1 aliphatic rings. The lowest BCUT2D eigenvalue weighted by Crippen LogP contribution is -2.23. The van der Waals surface area contributed by atoms with Crippen LogP contribution in [0.5, 0.6) is 6.01 Å². The minimum absolute atomic E-state index is 0.239. The van der Waals surface area contributed by atoms with Gasteiger partial charge in [0.1, 0.15) is 0 Å². The summed E-state index contributed by atoms with van der Waals surface area (Å²) in [6, 6.07) is 0.378. The fourth-order valence-electron chi connectivity index (χ4n) is 2.41. The average Bonchev–Trinajstić information content (AvgIpc) is 2.94. The lowest BCUT2D eigenvalue weighted by Gasteiger charge is -2.17. The summed E-state index contributed by atoms with van der Waals surface area (Å²) in [6.07, 6.45) is 2.81. The smallest absolute Gasteiger partial charge is 0.323 e. The molecule has 0 bridgehead atoms. The number of anilines is 2. The van der Waals surface area contributed by atoms with E-state index in [1.54, 1.807) is 0 Å². The van der Waals surface area contributed by atoms with E-state index in [2.05, 4.69) is 25.2 Å². The fraction of sp³-hybridized carbons (Fsp3) is 0.786. The summed E-state index contributed by atoms with van der Waals surface area (Å²) in [5.41, 5.74) is 0. The van der Waals surface area contributed by atoms with E-state index in [1.165, 1.54) is 0 Å². The van der Waals surface area contributed by atoms with Crippen LogP contribution in [-0.2, 0) is 0 Å². The molecule has 1 aromatic rings. The zero-order chi connectivity index (χ0) is 15.1. The molecule has 0 spiro atoms. The average molecular weight is 295 g/mol. The van der Waals surface area contributed by atoms with Gasteiger partial charge in [0.05, 0.1) is 6.61 Å². The quantitative estimate of drug-likeness (QED) is 0.748. The molecule has 1 saturated heterocycles. The Balaban J connectivity index is 2.11. The first kappa shape index (κ1) is 15.8. The molecule has 7 heteroatoms. The zero-order valence-corrected chi connectivity index (χ0v) is 12.9. The molecule has 0 aliphatic carbocycles. The second kappa shape index (κ2) is 7.97. The molecule has 118 valence electrons. The number of rotatable bonds is 8.